The highest BCUT2D eigenvalue weighted by Crippen LogP contribution is 2.34. The molecule has 2 aromatic rings. The largest absolute Gasteiger partial charge is 0.493 e. The van der Waals surface area contributed by atoms with Crippen LogP contribution in [0.1, 0.15) is 5.56 Å². The van der Waals surface area contributed by atoms with Gasteiger partial charge in [0.2, 0.25) is 12.7 Å². The first-order valence-electron chi connectivity index (χ1n) is 7.31. The first-order chi connectivity index (χ1) is 11.7. The number of methoxy groups -OCH3 is 2. The first kappa shape index (κ1) is 15.7. The van der Waals surface area contributed by atoms with Crippen LogP contribution in [-0.4, -0.2) is 26.9 Å². The van der Waals surface area contributed by atoms with E-state index in [1.54, 1.807) is 44.6 Å². The molecule has 0 aliphatic carbocycles. The monoisotopic (exact) mass is 327 g/mol. The second kappa shape index (κ2) is 6.95. The fraction of sp³-hybridized carbons (Fsp3) is 0.167. The second-order valence-electron chi connectivity index (χ2n) is 4.97. The smallest absolute Gasteiger partial charge is 0.248 e. The van der Waals surface area contributed by atoms with Crippen LogP contribution in [0, 0.1) is 0 Å². The molecule has 0 spiro atoms. The van der Waals surface area contributed by atoms with Crippen molar-refractivity contribution in [3.63, 3.8) is 0 Å². The number of ether oxygens (including phenoxy) is 4. The number of nitrogens with one attached hydrogen (secondary N) is 1. The van der Waals surface area contributed by atoms with E-state index >= 15 is 0 Å². The summed E-state index contributed by atoms with van der Waals surface area (Å²) in [5.41, 5.74) is 1.38. The van der Waals surface area contributed by atoms with E-state index in [2.05, 4.69) is 5.32 Å². The molecule has 0 atom stereocenters. The van der Waals surface area contributed by atoms with Gasteiger partial charge < -0.3 is 24.3 Å². The molecule has 6 heteroatoms. The molecule has 0 fully saturated rings. The molecule has 3 rings (SSSR count). The van der Waals surface area contributed by atoms with E-state index in [1.807, 2.05) is 12.1 Å². The normalized spacial score (nSPS) is 12.2. The van der Waals surface area contributed by atoms with Crippen LogP contribution in [0.15, 0.2) is 42.5 Å². The van der Waals surface area contributed by atoms with Gasteiger partial charge in [-0.25, -0.2) is 0 Å². The Hall–Kier alpha value is -3.15. The lowest BCUT2D eigenvalue weighted by atomic mass is 10.1. The molecule has 0 bridgehead atoms. The Morgan fingerprint density at radius 2 is 1.96 bits per heavy atom. The fourth-order valence-corrected chi connectivity index (χ4v) is 2.37. The molecule has 0 radical (unpaired) electrons. The van der Waals surface area contributed by atoms with Gasteiger partial charge in [-0.2, -0.15) is 0 Å². The number of benzene rings is 2. The van der Waals surface area contributed by atoms with E-state index in [0.29, 0.717) is 28.7 Å². The molecule has 1 aliphatic heterocycles. The SMILES string of the molecule is COc1cccc(C=CC(=O)Nc2ccc3c(c2)OCO3)c1OC. The number of amides is 1. The quantitative estimate of drug-likeness (QED) is 0.855. The summed E-state index contributed by atoms with van der Waals surface area (Å²) in [6.07, 6.45) is 3.10. The standard InChI is InChI=1S/C18H17NO5/c1-21-15-5-3-4-12(18(15)22-2)6-9-17(20)19-13-7-8-14-16(10-13)24-11-23-14/h3-10H,11H2,1-2H3,(H,19,20). The molecule has 2 aromatic carbocycles. The highest BCUT2D eigenvalue weighted by Gasteiger charge is 2.13. The van der Waals surface area contributed by atoms with Gasteiger partial charge in [0.05, 0.1) is 14.2 Å². The molecule has 0 saturated carbocycles. The maximum Gasteiger partial charge on any atom is 0.248 e. The van der Waals surface area contributed by atoms with Crippen LogP contribution in [0.2, 0.25) is 0 Å². The predicted octanol–water partition coefficient (Wildman–Crippen LogP) is 3.08. The minimum absolute atomic E-state index is 0.197. The molecule has 1 N–H and O–H groups in total. The van der Waals surface area contributed by atoms with Crippen LogP contribution in [0.3, 0.4) is 0 Å². The lowest BCUT2D eigenvalue weighted by Crippen LogP contribution is -2.07. The van der Waals surface area contributed by atoms with Crippen molar-refractivity contribution in [3.05, 3.63) is 48.0 Å². The number of carbonyl (C=O) groups is 1. The van der Waals surface area contributed by atoms with E-state index < -0.39 is 0 Å². The molecule has 0 unspecified atom stereocenters. The van der Waals surface area contributed by atoms with Crippen LogP contribution >= 0.6 is 0 Å². The van der Waals surface area contributed by atoms with Gasteiger partial charge in [0.25, 0.3) is 0 Å². The first-order valence-corrected chi connectivity index (χ1v) is 7.31. The van der Waals surface area contributed by atoms with Gasteiger partial charge in [-0.1, -0.05) is 12.1 Å². The van der Waals surface area contributed by atoms with Crippen LogP contribution < -0.4 is 24.3 Å². The van der Waals surface area contributed by atoms with Gasteiger partial charge in [-0.15, -0.1) is 0 Å². The number of anilines is 1. The summed E-state index contributed by atoms with van der Waals surface area (Å²) in [6, 6.07) is 10.7. The van der Waals surface area contributed by atoms with Crippen molar-refractivity contribution in [1.82, 2.24) is 0 Å². The van der Waals surface area contributed by atoms with Crippen molar-refractivity contribution in [2.24, 2.45) is 0 Å². The molecule has 1 aliphatic rings. The van der Waals surface area contributed by atoms with Crippen molar-refractivity contribution in [3.8, 4) is 23.0 Å². The minimum atomic E-state index is -0.265. The topological polar surface area (TPSA) is 66.0 Å². The van der Waals surface area contributed by atoms with Crippen molar-refractivity contribution < 1.29 is 23.7 Å². The summed E-state index contributed by atoms with van der Waals surface area (Å²) >= 11 is 0. The molecule has 1 amide bonds. The Morgan fingerprint density at radius 3 is 2.75 bits per heavy atom. The summed E-state index contributed by atoms with van der Waals surface area (Å²) in [4.78, 5) is 12.1. The Morgan fingerprint density at radius 1 is 1.12 bits per heavy atom. The summed E-state index contributed by atoms with van der Waals surface area (Å²) < 4.78 is 21.1. The maximum absolute atomic E-state index is 12.1. The van der Waals surface area contributed by atoms with E-state index in [-0.39, 0.29) is 12.7 Å². The number of carbonyl (C=O) groups excluding carboxylic acids is 1. The van der Waals surface area contributed by atoms with Crippen LogP contribution in [0.25, 0.3) is 6.08 Å². The Labute approximate surface area is 139 Å². The molecule has 24 heavy (non-hydrogen) atoms. The number of fused-ring (bicyclic) bond motifs is 1. The third-order valence-corrected chi connectivity index (χ3v) is 3.49. The van der Waals surface area contributed by atoms with Crippen molar-refractivity contribution >= 4 is 17.7 Å². The van der Waals surface area contributed by atoms with Crippen molar-refractivity contribution in [2.45, 2.75) is 0 Å². The average Bonchev–Trinajstić information content (AvgIpc) is 3.07. The van der Waals surface area contributed by atoms with Crippen LogP contribution in [0.4, 0.5) is 5.69 Å². The van der Waals surface area contributed by atoms with E-state index in [1.165, 1.54) is 6.08 Å². The third-order valence-electron chi connectivity index (χ3n) is 3.49. The number of hydrogen-bond acceptors (Lipinski definition) is 5. The van der Waals surface area contributed by atoms with E-state index in [9.17, 15) is 4.79 Å². The molecular weight excluding hydrogens is 310 g/mol. The highest BCUT2D eigenvalue weighted by molar-refractivity contribution is 6.02. The summed E-state index contributed by atoms with van der Waals surface area (Å²) in [7, 11) is 3.12. The lowest BCUT2D eigenvalue weighted by Gasteiger charge is -2.09. The van der Waals surface area contributed by atoms with Gasteiger partial charge in [0.1, 0.15) is 0 Å². The highest BCUT2D eigenvalue weighted by atomic mass is 16.7. The molecule has 6 nitrogen and oxygen atoms in total. The summed E-state index contributed by atoms with van der Waals surface area (Å²) in [5, 5.41) is 2.77. The molecule has 1 heterocycles. The number of para-hydroxylation sites is 1. The minimum Gasteiger partial charge on any atom is -0.493 e. The number of rotatable bonds is 5. The van der Waals surface area contributed by atoms with E-state index in [4.69, 9.17) is 18.9 Å². The molecule has 0 aromatic heterocycles. The van der Waals surface area contributed by atoms with Gasteiger partial charge in [-0.05, 0) is 24.3 Å². The zero-order valence-corrected chi connectivity index (χ0v) is 13.4. The molecule has 0 saturated heterocycles. The molecule has 124 valence electrons. The molecular formula is C18H17NO5. The van der Waals surface area contributed by atoms with Gasteiger partial charge in [0.15, 0.2) is 23.0 Å². The zero-order chi connectivity index (χ0) is 16.9. The fourth-order valence-electron chi connectivity index (χ4n) is 2.37. The van der Waals surface area contributed by atoms with Crippen LogP contribution in [-0.2, 0) is 4.79 Å². The summed E-state index contributed by atoms with van der Waals surface area (Å²) in [6.45, 7) is 0.197. The van der Waals surface area contributed by atoms with Gasteiger partial charge >= 0.3 is 0 Å². The lowest BCUT2D eigenvalue weighted by molar-refractivity contribution is -0.111. The predicted molar refractivity (Wildman–Crippen MR) is 89.8 cm³/mol. The second-order valence-corrected chi connectivity index (χ2v) is 4.97. The van der Waals surface area contributed by atoms with Gasteiger partial charge in [0, 0.05) is 23.4 Å². The zero-order valence-electron chi connectivity index (χ0n) is 13.4. The average molecular weight is 327 g/mol. The van der Waals surface area contributed by atoms with E-state index in [0.717, 1.165) is 5.56 Å². The van der Waals surface area contributed by atoms with Gasteiger partial charge in [-0.3, -0.25) is 4.79 Å². The van der Waals surface area contributed by atoms with Crippen LogP contribution in [0.5, 0.6) is 23.0 Å². The Bertz CT molecular complexity index is 785. The van der Waals surface area contributed by atoms with Crippen molar-refractivity contribution in [1.29, 1.82) is 0 Å². The summed E-state index contributed by atoms with van der Waals surface area (Å²) in [5.74, 6) is 2.21. The maximum atomic E-state index is 12.1. The Kier molecular flexibility index (Phi) is 4.56. The Balaban J connectivity index is 1.72. The third kappa shape index (κ3) is 3.27. The number of hydrogen-bond donors (Lipinski definition) is 1. The van der Waals surface area contributed by atoms with Crippen molar-refractivity contribution in [2.75, 3.05) is 26.3 Å².